The molecule has 0 aliphatic carbocycles. The van der Waals surface area contributed by atoms with Gasteiger partial charge in [0.1, 0.15) is 12.1 Å². The van der Waals surface area contributed by atoms with Gasteiger partial charge >= 0.3 is 0 Å². The largest absolute Gasteiger partial charge is 0.395 e. The minimum Gasteiger partial charge on any atom is -0.395 e. The summed E-state index contributed by atoms with van der Waals surface area (Å²) in [7, 11) is 0. The van der Waals surface area contributed by atoms with E-state index >= 15 is 0 Å². The first kappa shape index (κ1) is 29.5. The topological polar surface area (TPSA) is 111 Å². The Kier molecular flexibility index (Phi) is 11.1. The number of nitrogens with one attached hydrogen (secondary N) is 3. The average Bonchev–Trinajstić information content (AvgIpc) is 3.32. The lowest BCUT2D eigenvalue weighted by Crippen LogP contribution is -2.55. The number of nitrogens with zero attached hydrogens (tertiary/aromatic N) is 1. The van der Waals surface area contributed by atoms with Crippen molar-refractivity contribution in [1.29, 1.82) is 0 Å². The number of rotatable bonds is 10. The zero-order valence-corrected chi connectivity index (χ0v) is 22.2. The molecule has 1 aliphatic rings. The summed E-state index contributed by atoms with van der Waals surface area (Å²) in [4.78, 5) is 40.9. The highest BCUT2D eigenvalue weighted by Gasteiger charge is 2.39. The number of fused-ring (bicyclic) bond motifs is 1. The smallest absolute Gasteiger partial charge is 0.243 e. The van der Waals surface area contributed by atoms with Crippen molar-refractivity contribution < 1.29 is 19.5 Å². The molecule has 2 aromatic carbocycles. The summed E-state index contributed by atoms with van der Waals surface area (Å²) in [5.41, 5.74) is 0.364. The molecule has 0 unspecified atom stereocenters. The van der Waals surface area contributed by atoms with E-state index in [0.29, 0.717) is 39.0 Å². The molecular formula is C27H39ClN4O4. The van der Waals surface area contributed by atoms with E-state index in [2.05, 4.69) is 16.0 Å². The number of likely N-dealkylation sites (tertiary alicyclic amines) is 1. The summed E-state index contributed by atoms with van der Waals surface area (Å²) >= 11 is 0. The van der Waals surface area contributed by atoms with Gasteiger partial charge in [-0.2, -0.15) is 0 Å². The molecule has 0 radical (unpaired) electrons. The van der Waals surface area contributed by atoms with Gasteiger partial charge in [-0.1, -0.05) is 63.2 Å². The molecule has 3 rings (SSSR count). The van der Waals surface area contributed by atoms with Crippen molar-refractivity contribution in [2.45, 2.75) is 52.1 Å². The van der Waals surface area contributed by atoms with Crippen molar-refractivity contribution in [1.82, 2.24) is 20.9 Å². The van der Waals surface area contributed by atoms with Crippen molar-refractivity contribution >= 4 is 40.9 Å². The SMILES string of the molecule is CC(C)(C)C(=O)N1CCC[C@H]1C(=O)N[C@H](Cc1ccc2ccccc2c1)C(=O)NCCNCCO.Cl. The molecule has 36 heavy (non-hydrogen) atoms. The van der Waals surface area contributed by atoms with E-state index in [-0.39, 0.29) is 36.7 Å². The second-order valence-electron chi connectivity index (χ2n) is 10.1. The molecule has 0 aromatic heterocycles. The lowest BCUT2D eigenvalue weighted by atomic mass is 9.94. The van der Waals surface area contributed by atoms with Crippen LogP contribution >= 0.6 is 12.4 Å². The van der Waals surface area contributed by atoms with Crippen molar-refractivity contribution in [3.8, 4) is 0 Å². The Hall–Kier alpha value is -2.68. The molecule has 0 bridgehead atoms. The Bertz CT molecular complexity index is 1040. The minimum atomic E-state index is -0.770. The summed E-state index contributed by atoms with van der Waals surface area (Å²) < 4.78 is 0. The quantitative estimate of drug-likeness (QED) is 0.360. The van der Waals surface area contributed by atoms with E-state index in [9.17, 15) is 14.4 Å². The summed E-state index contributed by atoms with van der Waals surface area (Å²) in [6.45, 7) is 7.47. The van der Waals surface area contributed by atoms with Gasteiger partial charge in [0.05, 0.1) is 6.61 Å². The first-order valence-electron chi connectivity index (χ1n) is 12.4. The summed E-state index contributed by atoms with van der Waals surface area (Å²) in [5, 5.41) is 19.9. The van der Waals surface area contributed by atoms with E-state index < -0.39 is 17.5 Å². The van der Waals surface area contributed by atoms with Crippen molar-refractivity contribution in [2.75, 3.05) is 32.8 Å². The average molecular weight is 519 g/mol. The van der Waals surface area contributed by atoms with Crippen molar-refractivity contribution in [3.63, 3.8) is 0 Å². The number of aliphatic hydroxyl groups is 1. The predicted molar refractivity (Wildman–Crippen MR) is 144 cm³/mol. The van der Waals surface area contributed by atoms with Crippen LogP contribution in [0.15, 0.2) is 42.5 Å². The Morgan fingerprint density at radius 2 is 1.78 bits per heavy atom. The second kappa shape index (κ2) is 13.6. The van der Waals surface area contributed by atoms with Gasteiger partial charge in [0.25, 0.3) is 0 Å². The van der Waals surface area contributed by atoms with Gasteiger partial charge in [0.2, 0.25) is 17.7 Å². The molecular weight excluding hydrogens is 480 g/mol. The molecule has 1 saturated heterocycles. The maximum absolute atomic E-state index is 13.3. The first-order valence-corrected chi connectivity index (χ1v) is 12.4. The third-order valence-electron chi connectivity index (χ3n) is 6.23. The molecule has 0 spiro atoms. The lowest BCUT2D eigenvalue weighted by molar-refractivity contribution is -0.145. The third-order valence-corrected chi connectivity index (χ3v) is 6.23. The summed E-state index contributed by atoms with van der Waals surface area (Å²) in [6.07, 6.45) is 1.69. The van der Waals surface area contributed by atoms with E-state index in [4.69, 9.17) is 5.11 Å². The fourth-order valence-electron chi connectivity index (χ4n) is 4.39. The molecule has 0 saturated carbocycles. The van der Waals surface area contributed by atoms with Crippen molar-refractivity contribution in [2.24, 2.45) is 5.41 Å². The minimum absolute atomic E-state index is 0. The van der Waals surface area contributed by atoms with Gasteiger partial charge < -0.3 is 26.0 Å². The Morgan fingerprint density at radius 3 is 2.47 bits per heavy atom. The van der Waals surface area contributed by atoms with Crippen LogP contribution in [0.2, 0.25) is 0 Å². The molecule has 2 atom stereocenters. The molecule has 198 valence electrons. The van der Waals surface area contributed by atoms with Crippen LogP contribution in [-0.2, 0) is 20.8 Å². The fourth-order valence-corrected chi connectivity index (χ4v) is 4.39. The molecule has 3 amide bonds. The number of aliphatic hydroxyl groups excluding tert-OH is 1. The monoisotopic (exact) mass is 518 g/mol. The van der Waals surface area contributed by atoms with Gasteiger partial charge in [-0.3, -0.25) is 14.4 Å². The highest BCUT2D eigenvalue weighted by molar-refractivity contribution is 5.93. The molecule has 1 fully saturated rings. The van der Waals surface area contributed by atoms with Crippen LogP contribution in [0.1, 0.15) is 39.2 Å². The maximum Gasteiger partial charge on any atom is 0.243 e. The standard InChI is InChI=1S/C27H38N4O4.ClH/c1-27(2,3)26(35)31-15-6-9-23(31)25(34)30-22(24(33)29-13-12-28-14-16-32)18-19-10-11-20-7-4-5-8-21(20)17-19;/h4-5,7-8,10-11,17,22-23,28,32H,6,9,12-16,18H2,1-3H3,(H,29,33)(H,30,34);1H/t22-,23+;/m1./s1. The number of benzene rings is 2. The van der Waals surface area contributed by atoms with E-state index in [0.717, 1.165) is 22.8 Å². The molecule has 2 aromatic rings. The Morgan fingerprint density at radius 1 is 1.06 bits per heavy atom. The molecule has 8 nitrogen and oxygen atoms in total. The van der Waals surface area contributed by atoms with Gasteiger partial charge in [-0.25, -0.2) is 0 Å². The number of halogens is 1. The number of hydrogen-bond donors (Lipinski definition) is 4. The molecule has 1 heterocycles. The summed E-state index contributed by atoms with van der Waals surface area (Å²) in [5.74, 6) is -0.621. The number of amides is 3. The van der Waals surface area contributed by atoms with E-state index in [1.54, 1.807) is 4.90 Å². The van der Waals surface area contributed by atoms with E-state index in [1.165, 1.54) is 0 Å². The number of hydrogen-bond acceptors (Lipinski definition) is 5. The van der Waals surface area contributed by atoms with Gasteiger partial charge in [-0.05, 0) is 29.2 Å². The van der Waals surface area contributed by atoms with Crippen LogP contribution in [0.25, 0.3) is 10.8 Å². The molecule has 4 N–H and O–H groups in total. The van der Waals surface area contributed by atoms with Crippen LogP contribution < -0.4 is 16.0 Å². The second-order valence-corrected chi connectivity index (χ2v) is 10.1. The lowest BCUT2D eigenvalue weighted by Gasteiger charge is -2.31. The van der Waals surface area contributed by atoms with E-state index in [1.807, 2.05) is 63.2 Å². The normalized spacial score (nSPS) is 16.3. The first-order chi connectivity index (χ1) is 16.7. The zero-order chi connectivity index (χ0) is 25.4. The van der Waals surface area contributed by atoms with Gasteiger partial charge in [0.15, 0.2) is 0 Å². The highest BCUT2D eigenvalue weighted by Crippen LogP contribution is 2.26. The Balaban J connectivity index is 0.00000456. The molecule has 9 heteroatoms. The number of carbonyl (C=O) groups is 3. The van der Waals surface area contributed by atoms with Crippen LogP contribution in [-0.4, -0.2) is 72.6 Å². The third kappa shape index (κ3) is 7.91. The van der Waals surface area contributed by atoms with Crippen molar-refractivity contribution in [3.05, 3.63) is 48.0 Å². The van der Waals surface area contributed by atoms with Crippen LogP contribution in [0.4, 0.5) is 0 Å². The predicted octanol–water partition coefficient (Wildman–Crippen LogP) is 2.02. The van der Waals surface area contributed by atoms with Crippen LogP contribution in [0.5, 0.6) is 0 Å². The summed E-state index contributed by atoms with van der Waals surface area (Å²) in [6, 6.07) is 12.7. The number of carbonyl (C=O) groups excluding carboxylic acids is 3. The highest BCUT2D eigenvalue weighted by atomic mass is 35.5. The van der Waals surface area contributed by atoms with Gasteiger partial charge in [-0.15, -0.1) is 12.4 Å². The maximum atomic E-state index is 13.3. The van der Waals surface area contributed by atoms with Crippen LogP contribution in [0, 0.1) is 5.41 Å². The zero-order valence-electron chi connectivity index (χ0n) is 21.4. The fraction of sp³-hybridized carbons (Fsp3) is 0.519. The molecule has 1 aliphatic heterocycles. The Labute approximate surface area is 219 Å². The van der Waals surface area contributed by atoms with Crippen LogP contribution in [0.3, 0.4) is 0 Å². The van der Waals surface area contributed by atoms with Gasteiger partial charge in [0, 0.05) is 38.0 Å².